The van der Waals surface area contributed by atoms with Gasteiger partial charge in [-0.3, -0.25) is 0 Å². The number of ether oxygens (including phenoxy) is 1. The zero-order chi connectivity index (χ0) is 17.5. The first kappa shape index (κ1) is 20.2. The Hall–Kier alpha value is -0.810. The second-order valence-corrected chi connectivity index (χ2v) is 7.93. The summed E-state index contributed by atoms with van der Waals surface area (Å²) in [5.74, 6) is 0.438. The molecule has 2 atom stereocenters. The van der Waals surface area contributed by atoms with E-state index in [-0.39, 0.29) is 18.1 Å². The molecule has 136 valence electrons. The summed E-state index contributed by atoms with van der Waals surface area (Å²) in [7, 11) is 0. The van der Waals surface area contributed by atoms with Crippen molar-refractivity contribution in [3.8, 4) is 0 Å². The highest BCUT2D eigenvalue weighted by Gasteiger charge is 2.31. The van der Waals surface area contributed by atoms with Crippen LogP contribution in [0.2, 0.25) is 0 Å². The van der Waals surface area contributed by atoms with Crippen LogP contribution < -0.4 is 10.6 Å². The third-order valence-electron chi connectivity index (χ3n) is 5.14. The molecule has 1 fully saturated rings. The average Bonchev–Trinajstić information content (AvgIpc) is 2.93. The molecule has 2 unspecified atom stereocenters. The van der Waals surface area contributed by atoms with Crippen LogP contribution in [0, 0.1) is 11.3 Å². The maximum absolute atomic E-state index is 11.8. The van der Waals surface area contributed by atoms with E-state index in [0.717, 1.165) is 32.2 Å². The van der Waals surface area contributed by atoms with Gasteiger partial charge in [-0.1, -0.05) is 20.3 Å². The lowest BCUT2D eigenvalue weighted by Crippen LogP contribution is -2.45. The zero-order valence-electron chi connectivity index (χ0n) is 15.6. The Morgan fingerprint density at radius 3 is 2.39 bits per heavy atom. The third kappa shape index (κ3) is 6.68. The van der Waals surface area contributed by atoms with Crippen molar-refractivity contribution in [2.75, 3.05) is 19.7 Å². The molecule has 0 radical (unpaired) electrons. The molecule has 1 aliphatic rings. The summed E-state index contributed by atoms with van der Waals surface area (Å²) in [6.07, 6.45) is 5.05. The fraction of sp³-hybridized carbons (Fsp3) is 0.944. The molecule has 1 saturated carbocycles. The van der Waals surface area contributed by atoms with E-state index >= 15 is 0 Å². The van der Waals surface area contributed by atoms with E-state index in [1.165, 1.54) is 6.42 Å². The minimum Gasteiger partial charge on any atom is -0.444 e. The number of rotatable bonds is 8. The van der Waals surface area contributed by atoms with Crippen molar-refractivity contribution in [2.45, 2.75) is 78.4 Å². The first-order chi connectivity index (χ1) is 10.7. The summed E-state index contributed by atoms with van der Waals surface area (Å²) < 4.78 is 5.30. The molecule has 23 heavy (non-hydrogen) atoms. The SMILES string of the molecule is CCC(CC)(CO)CNC1CCCC1CNC(=O)OC(C)(C)C. The molecule has 0 bridgehead atoms. The number of carbonyl (C=O) groups excluding carboxylic acids is 1. The normalized spacial score (nSPS) is 22.2. The van der Waals surface area contributed by atoms with Crippen molar-refractivity contribution in [3.63, 3.8) is 0 Å². The first-order valence-electron chi connectivity index (χ1n) is 9.06. The van der Waals surface area contributed by atoms with Gasteiger partial charge in [0.15, 0.2) is 0 Å². The monoisotopic (exact) mass is 328 g/mol. The summed E-state index contributed by atoms with van der Waals surface area (Å²) in [5.41, 5.74) is -0.480. The second-order valence-electron chi connectivity index (χ2n) is 7.93. The van der Waals surface area contributed by atoms with E-state index in [2.05, 4.69) is 24.5 Å². The lowest BCUT2D eigenvalue weighted by molar-refractivity contribution is 0.0516. The molecule has 0 aliphatic heterocycles. The minimum atomic E-state index is -0.458. The Morgan fingerprint density at radius 1 is 1.22 bits per heavy atom. The van der Waals surface area contributed by atoms with Gasteiger partial charge in [0.1, 0.15) is 5.60 Å². The smallest absolute Gasteiger partial charge is 0.407 e. The summed E-state index contributed by atoms with van der Waals surface area (Å²) in [5, 5.41) is 16.2. The Balaban J connectivity index is 2.43. The van der Waals surface area contributed by atoms with Crippen LogP contribution in [-0.2, 0) is 4.74 Å². The van der Waals surface area contributed by atoms with Gasteiger partial charge >= 0.3 is 6.09 Å². The highest BCUT2D eigenvalue weighted by atomic mass is 16.6. The Labute approximate surface area is 141 Å². The molecule has 0 heterocycles. The number of aliphatic hydroxyl groups excluding tert-OH is 1. The van der Waals surface area contributed by atoms with Crippen molar-refractivity contribution in [3.05, 3.63) is 0 Å². The molecule has 0 aromatic rings. The Bertz CT molecular complexity index is 354. The summed E-state index contributed by atoms with van der Waals surface area (Å²) in [6, 6.07) is 0.411. The van der Waals surface area contributed by atoms with Crippen molar-refractivity contribution in [1.29, 1.82) is 0 Å². The van der Waals surface area contributed by atoms with E-state index in [1.54, 1.807) is 0 Å². The van der Waals surface area contributed by atoms with Gasteiger partial charge < -0.3 is 20.5 Å². The number of alkyl carbamates (subject to hydrolysis) is 1. The number of hydrogen-bond donors (Lipinski definition) is 3. The molecule has 0 aromatic heterocycles. The van der Waals surface area contributed by atoms with Gasteiger partial charge in [-0.25, -0.2) is 4.79 Å². The van der Waals surface area contributed by atoms with Gasteiger partial charge in [-0.2, -0.15) is 0 Å². The van der Waals surface area contributed by atoms with E-state index in [4.69, 9.17) is 4.74 Å². The van der Waals surface area contributed by atoms with Crippen molar-refractivity contribution < 1.29 is 14.6 Å². The molecular formula is C18H36N2O3. The van der Waals surface area contributed by atoms with Gasteiger partial charge in [0.05, 0.1) is 0 Å². The molecule has 0 aromatic carbocycles. The summed E-state index contributed by atoms with van der Waals surface area (Å²) >= 11 is 0. The molecule has 0 spiro atoms. The van der Waals surface area contributed by atoms with Crippen LogP contribution in [0.5, 0.6) is 0 Å². The molecular weight excluding hydrogens is 292 g/mol. The fourth-order valence-corrected chi connectivity index (χ4v) is 3.21. The van der Waals surface area contributed by atoms with E-state index in [9.17, 15) is 9.90 Å². The van der Waals surface area contributed by atoms with Crippen LogP contribution in [0.15, 0.2) is 0 Å². The number of hydrogen-bond acceptors (Lipinski definition) is 4. The molecule has 1 amide bonds. The van der Waals surface area contributed by atoms with Gasteiger partial charge in [0.2, 0.25) is 0 Å². The van der Waals surface area contributed by atoms with E-state index in [1.807, 2.05) is 20.8 Å². The van der Waals surface area contributed by atoms with E-state index < -0.39 is 5.60 Å². The predicted octanol–water partition coefficient (Wildman–Crippen LogP) is 3.07. The van der Waals surface area contributed by atoms with Gasteiger partial charge in [0.25, 0.3) is 0 Å². The largest absolute Gasteiger partial charge is 0.444 e. The van der Waals surface area contributed by atoms with Gasteiger partial charge in [0, 0.05) is 31.2 Å². The van der Waals surface area contributed by atoms with Crippen LogP contribution in [0.1, 0.15) is 66.7 Å². The highest BCUT2D eigenvalue weighted by Crippen LogP contribution is 2.29. The molecule has 1 rings (SSSR count). The topological polar surface area (TPSA) is 70.6 Å². The van der Waals surface area contributed by atoms with Crippen LogP contribution in [-0.4, -0.2) is 42.5 Å². The highest BCUT2D eigenvalue weighted by molar-refractivity contribution is 5.67. The second kappa shape index (κ2) is 8.88. The maximum Gasteiger partial charge on any atom is 0.407 e. The van der Waals surface area contributed by atoms with Crippen molar-refractivity contribution in [1.82, 2.24) is 10.6 Å². The van der Waals surface area contributed by atoms with Crippen LogP contribution in [0.3, 0.4) is 0 Å². The first-order valence-corrected chi connectivity index (χ1v) is 9.06. The summed E-state index contributed by atoms with van der Waals surface area (Å²) in [6.45, 7) is 11.6. The number of carbonyl (C=O) groups is 1. The van der Waals surface area contributed by atoms with Crippen LogP contribution in [0.4, 0.5) is 4.79 Å². The maximum atomic E-state index is 11.8. The lowest BCUT2D eigenvalue weighted by atomic mass is 9.83. The number of aliphatic hydroxyl groups is 1. The van der Waals surface area contributed by atoms with E-state index in [0.29, 0.717) is 18.5 Å². The van der Waals surface area contributed by atoms with Crippen LogP contribution in [0.25, 0.3) is 0 Å². The average molecular weight is 328 g/mol. The fourth-order valence-electron chi connectivity index (χ4n) is 3.21. The summed E-state index contributed by atoms with van der Waals surface area (Å²) in [4.78, 5) is 11.8. The van der Waals surface area contributed by atoms with Crippen molar-refractivity contribution in [2.24, 2.45) is 11.3 Å². The Morgan fingerprint density at radius 2 is 1.87 bits per heavy atom. The minimum absolute atomic E-state index is 0.0221. The van der Waals surface area contributed by atoms with Gasteiger partial charge in [-0.15, -0.1) is 0 Å². The van der Waals surface area contributed by atoms with Crippen molar-refractivity contribution >= 4 is 6.09 Å². The number of nitrogens with one attached hydrogen (secondary N) is 2. The standard InChI is InChI=1S/C18H36N2O3/c1-6-18(7-2,13-21)12-20-15-10-8-9-14(15)11-19-16(22)23-17(3,4)5/h14-15,20-21H,6-13H2,1-5H3,(H,19,22). The van der Waals surface area contributed by atoms with Crippen LogP contribution >= 0.6 is 0 Å². The third-order valence-corrected chi connectivity index (χ3v) is 5.14. The predicted molar refractivity (Wildman–Crippen MR) is 93.5 cm³/mol. The molecule has 1 aliphatic carbocycles. The molecule has 5 heteroatoms. The van der Waals surface area contributed by atoms with Gasteiger partial charge in [-0.05, 0) is 52.4 Å². The molecule has 3 N–H and O–H groups in total. The Kier molecular flexibility index (Phi) is 7.81. The number of amides is 1. The molecule has 5 nitrogen and oxygen atoms in total. The zero-order valence-corrected chi connectivity index (χ0v) is 15.6. The quantitative estimate of drug-likeness (QED) is 0.640. The lowest BCUT2D eigenvalue weighted by Gasteiger charge is -2.32. The molecule has 0 saturated heterocycles.